The molecule has 0 radical (unpaired) electrons. The molecule has 0 aromatic heterocycles. The molecular weight excluding hydrogens is 783 g/mol. The van der Waals surface area contributed by atoms with Crippen molar-refractivity contribution in [3.05, 3.63) is 0 Å². The van der Waals surface area contributed by atoms with E-state index in [0.29, 0.717) is 44.3 Å². The van der Waals surface area contributed by atoms with Gasteiger partial charge < -0.3 is 19.1 Å². The van der Waals surface area contributed by atoms with Crippen molar-refractivity contribution in [1.29, 1.82) is 0 Å². The molecule has 1 fully saturated rings. The first-order chi connectivity index (χ1) is 30.9. The molecule has 0 atom stereocenters. The molecule has 63 heavy (non-hydrogen) atoms. The summed E-state index contributed by atoms with van der Waals surface area (Å²) in [6.07, 6.45) is 46.9. The summed E-state index contributed by atoms with van der Waals surface area (Å²) < 4.78 is 17.4. The SMILES string of the molecule is CCCCCC(CCCCC)CCOC(=O)CCCCCCCCCC(CCCCCCCCCC(=O)OCCC(CCCCC)CCCCC)OC(=O)CCCN1CCCCC1. The van der Waals surface area contributed by atoms with Gasteiger partial charge in [-0.25, -0.2) is 0 Å². The van der Waals surface area contributed by atoms with Crippen LogP contribution in [0.3, 0.4) is 0 Å². The van der Waals surface area contributed by atoms with Crippen LogP contribution >= 0.6 is 0 Å². The topological polar surface area (TPSA) is 82.1 Å². The first kappa shape index (κ1) is 59.4. The number of ether oxygens (including phenoxy) is 3. The average molecular weight is 890 g/mol. The zero-order valence-electron chi connectivity index (χ0n) is 42.7. The summed E-state index contributed by atoms with van der Waals surface area (Å²) in [4.78, 5) is 40.2. The van der Waals surface area contributed by atoms with Crippen LogP contribution in [-0.2, 0) is 28.6 Å². The predicted molar refractivity (Wildman–Crippen MR) is 267 cm³/mol. The third-order valence-corrected chi connectivity index (χ3v) is 13.9. The smallest absolute Gasteiger partial charge is 0.306 e. The lowest BCUT2D eigenvalue weighted by Crippen LogP contribution is -2.31. The van der Waals surface area contributed by atoms with Gasteiger partial charge in [0.15, 0.2) is 0 Å². The summed E-state index contributed by atoms with van der Waals surface area (Å²) >= 11 is 0. The maximum atomic E-state index is 12.9. The van der Waals surface area contributed by atoms with Crippen molar-refractivity contribution < 1.29 is 28.6 Å². The molecule has 0 N–H and O–H groups in total. The maximum absolute atomic E-state index is 12.9. The normalized spacial score (nSPS) is 13.4. The van der Waals surface area contributed by atoms with E-state index in [1.807, 2.05) is 0 Å². The fraction of sp³-hybridized carbons (Fsp3) is 0.946. The van der Waals surface area contributed by atoms with Crippen molar-refractivity contribution in [3.63, 3.8) is 0 Å². The van der Waals surface area contributed by atoms with Crippen LogP contribution in [0.5, 0.6) is 0 Å². The summed E-state index contributed by atoms with van der Waals surface area (Å²) in [7, 11) is 0. The van der Waals surface area contributed by atoms with E-state index in [9.17, 15) is 14.4 Å². The highest BCUT2D eigenvalue weighted by Gasteiger charge is 2.17. The van der Waals surface area contributed by atoms with Crippen molar-refractivity contribution in [1.82, 2.24) is 4.90 Å². The monoisotopic (exact) mass is 890 g/mol. The molecule has 1 aliphatic rings. The van der Waals surface area contributed by atoms with Crippen LogP contribution in [0, 0.1) is 11.8 Å². The fourth-order valence-corrected chi connectivity index (χ4v) is 9.61. The van der Waals surface area contributed by atoms with Gasteiger partial charge in [-0.3, -0.25) is 14.4 Å². The Hall–Kier alpha value is -1.63. The molecule has 1 aliphatic heterocycles. The van der Waals surface area contributed by atoms with Gasteiger partial charge in [0, 0.05) is 19.3 Å². The zero-order valence-corrected chi connectivity index (χ0v) is 42.7. The number of piperidine rings is 1. The number of carbonyl (C=O) groups excluding carboxylic acids is 3. The van der Waals surface area contributed by atoms with Gasteiger partial charge >= 0.3 is 17.9 Å². The van der Waals surface area contributed by atoms with Gasteiger partial charge in [0.05, 0.1) is 13.2 Å². The van der Waals surface area contributed by atoms with Gasteiger partial charge in [0.25, 0.3) is 0 Å². The second-order valence-corrected chi connectivity index (χ2v) is 19.9. The molecule has 372 valence electrons. The minimum Gasteiger partial charge on any atom is -0.466 e. The Morgan fingerprint density at radius 2 is 0.730 bits per heavy atom. The van der Waals surface area contributed by atoms with E-state index >= 15 is 0 Å². The van der Waals surface area contributed by atoms with E-state index in [0.717, 1.165) is 77.2 Å². The van der Waals surface area contributed by atoms with Crippen LogP contribution in [0.1, 0.15) is 291 Å². The van der Waals surface area contributed by atoms with Gasteiger partial charge in [-0.15, -0.1) is 0 Å². The Kier molecular flexibility index (Phi) is 42.9. The second-order valence-electron chi connectivity index (χ2n) is 19.9. The lowest BCUT2D eigenvalue weighted by Gasteiger charge is -2.26. The molecule has 0 aromatic rings. The molecule has 0 saturated carbocycles. The van der Waals surface area contributed by atoms with Gasteiger partial charge in [-0.2, -0.15) is 0 Å². The molecule has 0 aliphatic carbocycles. The molecule has 1 heterocycles. The first-order valence-corrected chi connectivity index (χ1v) is 28.1. The third-order valence-electron chi connectivity index (χ3n) is 13.9. The van der Waals surface area contributed by atoms with E-state index in [1.54, 1.807) is 0 Å². The van der Waals surface area contributed by atoms with E-state index in [1.165, 1.54) is 186 Å². The number of rotatable bonds is 47. The van der Waals surface area contributed by atoms with Crippen LogP contribution in [0.25, 0.3) is 0 Å². The summed E-state index contributed by atoms with van der Waals surface area (Å²) in [5.74, 6) is 1.38. The maximum Gasteiger partial charge on any atom is 0.306 e. The molecule has 7 heteroatoms. The molecule has 1 saturated heterocycles. The first-order valence-electron chi connectivity index (χ1n) is 28.1. The van der Waals surface area contributed by atoms with Crippen molar-refractivity contribution in [2.45, 2.75) is 297 Å². The summed E-state index contributed by atoms with van der Waals surface area (Å²) in [5, 5.41) is 0. The standard InChI is InChI=1S/C56H107NO6/c1-5-9-24-35-51(36-25-10-6-2)44-49-61-54(58)41-30-21-17-13-15-19-28-39-53(63-56(60)43-34-48-57-46-32-23-33-47-57)40-29-20-16-14-18-22-31-42-55(59)62-50-45-52(37-26-11-7-3)38-27-12-8-4/h51-53H,5-50H2,1-4H3. The third kappa shape index (κ3) is 39.3. The van der Waals surface area contributed by atoms with Crippen molar-refractivity contribution >= 4 is 17.9 Å². The highest BCUT2D eigenvalue weighted by Crippen LogP contribution is 2.23. The minimum absolute atomic E-state index is 0.00778. The summed E-state index contributed by atoms with van der Waals surface area (Å²) in [5.41, 5.74) is 0. The predicted octanol–water partition coefficient (Wildman–Crippen LogP) is 16.6. The molecule has 0 unspecified atom stereocenters. The van der Waals surface area contributed by atoms with Gasteiger partial charge in [-0.05, 0) is 102 Å². The Balaban J connectivity index is 2.26. The van der Waals surface area contributed by atoms with Crippen molar-refractivity contribution in [3.8, 4) is 0 Å². The van der Waals surface area contributed by atoms with Crippen LogP contribution in [0.2, 0.25) is 0 Å². The number of likely N-dealkylation sites (tertiary alicyclic amines) is 1. The Labute approximate surface area is 391 Å². The lowest BCUT2D eigenvalue weighted by molar-refractivity contribution is -0.150. The Morgan fingerprint density at radius 3 is 1.13 bits per heavy atom. The number of unbranched alkanes of at least 4 members (excludes halogenated alkanes) is 20. The van der Waals surface area contributed by atoms with E-state index in [-0.39, 0.29) is 24.0 Å². The van der Waals surface area contributed by atoms with Gasteiger partial charge in [-0.1, -0.05) is 201 Å². The minimum atomic E-state index is -0.0124. The van der Waals surface area contributed by atoms with Gasteiger partial charge in [0.2, 0.25) is 0 Å². The van der Waals surface area contributed by atoms with Crippen LogP contribution in [0.15, 0.2) is 0 Å². The largest absolute Gasteiger partial charge is 0.466 e. The second kappa shape index (κ2) is 45.5. The number of carbonyl (C=O) groups is 3. The molecule has 0 aromatic carbocycles. The molecule has 1 rings (SSSR count). The van der Waals surface area contributed by atoms with Crippen LogP contribution < -0.4 is 0 Å². The van der Waals surface area contributed by atoms with Crippen molar-refractivity contribution in [2.75, 3.05) is 32.8 Å². The van der Waals surface area contributed by atoms with Gasteiger partial charge in [0.1, 0.15) is 6.10 Å². The van der Waals surface area contributed by atoms with Crippen LogP contribution in [-0.4, -0.2) is 61.8 Å². The number of esters is 3. The highest BCUT2D eigenvalue weighted by atomic mass is 16.5. The Morgan fingerprint density at radius 1 is 0.381 bits per heavy atom. The van der Waals surface area contributed by atoms with E-state index < -0.39 is 0 Å². The molecular formula is C56H107NO6. The molecule has 0 bridgehead atoms. The number of hydrogen-bond donors (Lipinski definition) is 0. The van der Waals surface area contributed by atoms with E-state index in [4.69, 9.17) is 14.2 Å². The fourth-order valence-electron chi connectivity index (χ4n) is 9.61. The van der Waals surface area contributed by atoms with Crippen molar-refractivity contribution in [2.24, 2.45) is 11.8 Å². The molecule has 7 nitrogen and oxygen atoms in total. The highest BCUT2D eigenvalue weighted by molar-refractivity contribution is 5.70. The summed E-state index contributed by atoms with van der Waals surface area (Å²) in [6.45, 7) is 13.6. The molecule has 0 spiro atoms. The number of nitrogens with zero attached hydrogens (tertiary/aromatic N) is 1. The Bertz CT molecular complexity index is 934. The lowest BCUT2D eigenvalue weighted by atomic mass is 9.92. The number of hydrogen-bond acceptors (Lipinski definition) is 7. The average Bonchev–Trinajstić information content (AvgIpc) is 3.28. The van der Waals surface area contributed by atoms with Crippen LogP contribution in [0.4, 0.5) is 0 Å². The summed E-state index contributed by atoms with van der Waals surface area (Å²) in [6, 6.07) is 0. The van der Waals surface area contributed by atoms with E-state index in [2.05, 4.69) is 32.6 Å². The zero-order chi connectivity index (χ0) is 45.7. The quantitative estimate of drug-likeness (QED) is 0.0342. The molecule has 0 amide bonds.